The van der Waals surface area contributed by atoms with E-state index < -0.39 is 10.0 Å². The van der Waals surface area contributed by atoms with E-state index in [1.807, 2.05) is 0 Å². The summed E-state index contributed by atoms with van der Waals surface area (Å²) in [5, 5.41) is 0.126. The van der Waals surface area contributed by atoms with Crippen molar-refractivity contribution in [2.45, 2.75) is 17.7 Å². The number of sulfonamides is 1. The molecule has 0 aromatic heterocycles. The summed E-state index contributed by atoms with van der Waals surface area (Å²) in [7, 11) is -3.71. The van der Waals surface area contributed by atoms with Gasteiger partial charge in [-0.05, 0) is 30.9 Å². The molecule has 0 radical (unpaired) electrons. The molecule has 8 heteroatoms. The van der Waals surface area contributed by atoms with E-state index in [1.165, 1.54) is 25.0 Å². The molecular weight excluding hydrogens is 332 g/mol. The van der Waals surface area contributed by atoms with Gasteiger partial charge in [0.15, 0.2) is 0 Å². The van der Waals surface area contributed by atoms with Gasteiger partial charge in [-0.3, -0.25) is 0 Å². The number of benzene rings is 1. The van der Waals surface area contributed by atoms with Gasteiger partial charge in [0.05, 0.1) is 11.6 Å². The van der Waals surface area contributed by atoms with Gasteiger partial charge in [-0.2, -0.15) is 0 Å². The molecule has 0 unspecified atom stereocenters. The van der Waals surface area contributed by atoms with Crippen LogP contribution in [0.15, 0.2) is 23.1 Å². The number of nitrogens with two attached hydrogens (primary N) is 1. The highest BCUT2D eigenvalue weighted by atomic mass is 35.5. The van der Waals surface area contributed by atoms with Crippen molar-refractivity contribution < 1.29 is 13.2 Å². The second kappa shape index (κ2) is 7.02. The standard InChI is InChI=1S/C13H17ClN2O3S2/c14-11-4-3-10(13(15)20)7-12(11)21(17,18)16-5-6-19-8-9-1-2-9/h3-4,7,9,16H,1-2,5-6,8H2,(H2,15,20). The number of hydrogen-bond donors (Lipinski definition) is 2. The topological polar surface area (TPSA) is 81.4 Å². The number of ether oxygens (including phenoxy) is 1. The van der Waals surface area contributed by atoms with E-state index in [0.29, 0.717) is 24.7 Å². The Kier molecular flexibility index (Phi) is 5.56. The Balaban J connectivity index is 1.97. The fourth-order valence-corrected chi connectivity index (χ4v) is 3.39. The van der Waals surface area contributed by atoms with Crippen molar-refractivity contribution in [3.05, 3.63) is 28.8 Å². The number of halogens is 1. The molecule has 0 spiro atoms. The largest absolute Gasteiger partial charge is 0.389 e. The molecule has 21 heavy (non-hydrogen) atoms. The lowest BCUT2D eigenvalue weighted by molar-refractivity contribution is 0.129. The Morgan fingerprint density at radius 1 is 1.48 bits per heavy atom. The van der Waals surface area contributed by atoms with Gasteiger partial charge in [0, 0.05) is 18.7 Å². The second-order valence-corrected chi connectivity index (χ2v) is 7.51. The molecule has 0 atom stereocenters. The van der Waals surface area contributed by atoms with Crippen LogP contribution in [0.3, 0.4) is 0 Å². The van der Waals surface area contributed by atoms with Crippen molar-refractivity contribution in [2.24, 2.45) is 11.7 Å². The Hall–Kier alpha value is -0.730. The Morgan fingerprint density at radius 2 is 2.19 bits per heavy atom. The minimum atomic E-state index is -3.71. The lowest BCUT2D eigenvalue weighted by Gasteiger charge is -2.10. The van der Waals surface area contributed by atoms with Crippen LogP contribution in [-0.4, -0.2) is 33.2 Å². The maximum Gasteiger partial charge on any atom is 0.242 e. The molecule has 0 amide bonds. The normalized spacial score (nSPS) is 15.1. The van der Waals surface area contributed by atoms with Crippen molar-refractivity contribution >= 4 is 38.8 Å². The molecular formula is C13H17ClN2O3S2. The fraction of sp³-hybridized carbons (Fsp3) is 0.462. The third-order valence-electron chi connectivity index (χ3n) is 3.09. The van der Waals surface area contributed by atoms with Crippen LogP contribution in [0.5, 0.6) is 0 Å². The number of hydrogen-bond acceptors (Lipinski definition) is 4. The summed E-state index contributed by atoms with van der Waals surface area (Å²) in [5.41, 5.74) is 5.96. The van der Waals surface area contributed by atoms with E-state index in [0.717, 1.165) is 0 Å². The Bertz CT molecular complexity index is 630. The first-order valence-electron chi connectivity index (χ1n) is 6.57. The maximum absolute atomic E-state index is 12.2. The first-order chi connectivity index (χ1) is 9.90. The van der Waals surface area contributed by atoms with E-state index in [-0.39, 0.29) is 21.5 Å². The Labute approximate surface area is 134 Å². The van der Waals surface area contributed by atoms with Gasteiger partial charge in [0.2, 0.25) is 10.0 Å². The maximum atomic E-state index is 12.2. The fourth-order valence-electron chi connectivity index (χ4n) is 1.72. The summed E-state index contributed by atoms with van der Waals surface area (Å²) < 4.78 is 32.2. The summed E-state index contributed by atoms with van der Waals surface area (Å²) in [6.45, 7) is 1.23. The molecule has 1 aliphatic rings. The summed E-state index contributed by atoms with van der Waals surface area (Å²) >= 11 is 10.8. The van der Waals surface area contributed by atoms with Crippen LogP contribution in [-0.2, 0) is 14.8 Å². The van der Waals surface area contributed by atoms with Crippen LogP contribution < -0.4 is 10.5 Å². The van der Waals surface area contributed by atoms with Gasteiger partial charge >= 0.3 is 0 Å². The average molecular weight is 349 g/mol. The van der Waals surface area contributed by atoms with Crippen molar-refractivity contribution in [3.63, 3.8) is 0 Å². The number of nitrogens with one attached hydrogen (secondary N) is 1. The molecule has 0 bridgehead atoms. The van der Waals surface area contributed by atoms with Crippen LogP contribution in [0.25, 0.3) is 0 Å². The summed E-state index contributed by atoms with van der Waals surface area (Å²) in [6, 6.07) is 4.43. The minimum absolute atomic E-state index is 0.0309. The van der Waals surface area contributed by atoms with Gasteiger partial charge < -0.3 is 10.5 Å². The van der Waals surface area contributed by atoms with Crippen LogP contribution in [0.4, 0.5) is 0 Å². The molecule has 3 N–H and O–H groups in total. The van der Waals surface area contributed by atoms with Gasteiger partial charge in [0.1, 0.15) is 9.88 Å². The third-order valence-corrected chi connectivity index (χ3v) is 5.27. The van der Waals surface area contributed by atoms with Gasteiger partial charge in [-0.15, -0.1) is 0 Å². The first-order valence-corrected chi connectivity index (χ1v) is 8.84. The van der Waals surface area contributed by atoms with E-state index in [9.17, 15) is 8.42 Å². The molecule has 0 aliphatic heterocycles. The summed E-state index contributed by atoms with van der Waals surface area (Å²) in [5.74, 6) is 0.651. The van der Waals surface area contributed by atoms with Gasteiger partial charge in [-0.25, -0.2) is 13.1 Å². The zero-order chi connectivity index (χ0) is 15.5. The number of rotatable bonds is 8. The number of thiocarbonyl (C=S) groups is 1. The molecule has 1 fully saturated rings. The van der Waals surface area contributed by atoms with Crippen molar-refractivity contribution in [1.29, 1.82) is 0 Å². The molecule has 0 saturated heterocycles. The lowest BCUT2D eigenvalue weighted by Crippen LogP contribution is -2.28. The molecule has 1 aromatic rings. The van der Waals surface area contributed by atoms with E-state index in [4.69, 9.17) is 34.3 Å². The highest BCUT2D eigenvalue weighted by Crippen LogP contribution is 2.28. The van der Waals surface area contributed by atoms with Crippen molar-refractivity contribution in [3.8, 4) is 0 Å². The van der Waals surface area contributed by atoms with E-state index in [1.54, 1.807) is 6.07 Å². The summed E-state index contributed by atoms with van der Waals surface area (Å²) in [4.78, 5) is 0.0903. The van der Waals surface area contributed by atoms with E-state index >= 15 is 0 Å². The average Bonchev–Trinajstić information content (AvgIpc) is 3.22. The predicted molar refractivity (Wildman–Crippen MR) is 86.1 cm³/mol. The van der Waals surface area contributed by atoms with Crippen molar-refractivity contribution in [2.75, 3.05) is 19.8 Å². The minimum Gasteiger partial charge on any atom is -0.389 e. The highest BCUT2D eigenvalue weighted by molar-refractivity contribution is 7.89. The van der Waals surface area contributed by atoms with Crippen LogP contribution in [0.1, 0.15) is 18.4 Å². The summed E-state index contributed by atoms with van der Waals surface area (Å²) in [6.07, 6.45) is 2.40. The molecule has 1 saturated carbocycles. The monoisotopic (exact) mass is 348 g/mol. The van der Waals surface area contributed by atoms with Crippen LogP contribution >= 0.6 is 23.8 Å². The van der Waals surface area contributed by atoms with Crippen LogP contribution in [0.2, 0.25) is 5.02 Å². The SMILES string of the molecule is NC(=S)c1ccc(Cl)c(S(=O)(=O)NCCOCC2CC2)c1. The van der Waals surface area contributed by atoms with E-state index in [2.05, 4.69) is 4.72 Å². The second-order valence-electron chi connectivity index (χ2n) is 4.93. The zero-order valence-corrected chi connectivity index (χ0v) is 13.7. The third kappa shape index (κ3) is 4.89. The lowest BCUT2D eigenvalue weighted by atomic mass is 10.2. The zero-order valence-electron chi connectivity index (χ0n) is 11.3. The molecule has 116 valence electrons. The van der Waals surface area contributed by atoms with Gasteiger partial charge in [0.25, 0.3) is 0 Å². The van der Waals surface area contributed by atoms with Crippen LogP contribution in [0, 0.1) is 5.92 Å². The smallest absolute Gasteiger partial charge is 0.242 e. The quantitative estimate of drug-likeness (QED) is 0.552. The Morgan fingerprint density at radius 3 is 2.81 bits per heavy atom. The first kappa shape index (κ1) is 16.6. The van der Waals surface area contributed by atoms with Gasteiger partial charge in [-0.1, -0.05) is 29.9 Å². The highest BCUT2D eigenvalue weighted by Gasteiger charge is 2.21. The molecule has 1 aromatic carbocycles. The molecule has 5 nitrogen and oxygen atoms in total. The van der Waals surface area contributed by atoms with Crippen molar-refractivity contribution in [1.82, 2.24) is 4.72 Å². The molecule has 1 aliphatic carbocycles. The molecule has 2 rings (SSSR count). The predicted octanol–water partition coefficient (Wildman–Crippen LogP) is 1.68. The molecule has 0 heterocycles.